The van der Waals surface area contributed by atoms with Crippen molar-refractivity contribution in [2.75, 3.05) is 11.9 Å². The Morgan fingerprint density at radius 3 is 2.91 bits per heavy atom. The fourth-order valence-corrected chi connectivity index (χ4v) is 2.65. The lowest BCUT2D eigenvalue weighted by Crippen LogP contribution is -2.26. The van der Waals surface area contributed by atoms with Gasteiger partial charge in [0.15, 0.2) is 5.58 Å². The predicted molar refractivity (Wildman–Crippen MR) is 88.8 cm³/mol. The first kappa shape index (κ1) is 16.1. The Morgan fingerprint density at radius 2 is 2.22 bits per heavy atom. The third-order valence-corrected chi connectivity index (χ3v) is 3.92. The van der Waals surface area contributed by atoms with Gasteiger partial charge in [-0.15, -0.1) is 0 Å². The van der Waals surface area contributed by atoms with E-state index >= 15 is 0 Å². The summed E-state index contributed by atoms with van der Waals surface area (Å²) in [5.74, 6) is 1.24. The molecule has 8 heteroatoms. The van der Waals surface area contributed by atoms with Crippen molar-refractivity contribution in [1.82, 2.24) is 4.98 Å². The Bertz CT molecular complexity index is 802. The SMILES string of the molecule is N[C@@H](CO)Cc1oc2c(NCc3ccco3)cc(Cl)nc2c1Cl. The van der Waals surface area contributed by atoms with Gasteiger partial charge in [0.25, 0.3) is 0 Å². The predicted octanol–water partition coefficient (Wildman–Crippen LogP) is 3.20. The number of hydrogen-bond donors (Lipinski definition) is 3. The number of nitrogens with zero attached hydrogens (tertiary/aromatic N) is 1. The first-order valence-corrected chi connectivity index (χ1v) is 7.74. The van der Waals surface area contributed by atoms with Gasteiger partial charge in [0.05, 0.1) is 25.1 Å². The molecule has 3 aromatic heterocycles. The average Bonchev–Trinajstić information content (AvgIpc) is 3.15. The highest BCUT2D eigenvalue weighted by Gasteiger charge is 2.19. The van der Waals surface area contributed by atoms with Crippen molar-refractivity contribution in [3.05, 3.63) is 46.2 Å². The zero-order valence-electron chi connectivity index (χ0n) is 12.1. The maximum atomic E-state index is 9.08. The number of halogens is 2. The molecular weight excluding hydrogens is 341 g/mol. The van der Waals surface area contributed by atoms with E-state index in [1.54, 1.807) is 12.3 Å². The zero-order chi connectivity index (χ0) is 16.4. The van der Waals surface area contributed by atoms with Gasteiger partial charge in [0.2, 0.25) is 0 Å². The molecule has 0 saturated carbocycles. The molecule has 0 aliphatic rings. The lowest BCUT2D eigenvalue weighted by Gasteiger charge is -2.06. The monoisotopic (exact) mass is 355 g/mol. The van der Waals surface area contributed by atoms with Gasteiger partial charge in [-0.1, -0.05) is 23.2 Å². The van der Waals surface area contributed by atoms with Gasteiger partial charge >= 0.3 is 0 Å². The van der Waals surface area contributed by atoms with Gasteiger partial charge in [-0.05, 0) is 12.1 Å². The Kier molecular flexibility index (Phi) is 4.77. The molecule has 3 heterocycles. The summed E-state index contributed by atoms with van der Waals surface area (Å²) in [6, 6.07) is 4.86. The molecule has 0 radical (unpaired) electrons. The van der Waals surface area contributed by atoms with Crippen molar-refractivity contribution in [3.63, 3.8) is 0 Å². The van der Waals surface area contributed by atoms with Crippen LogP contribution in [0.15, 0.2) is 33.3 Å². The molecule has 0 aliphatic carbocycles. The lowest BCUT2D eigenvalue weighted by molar-refractivity contribution is 0.261. The van der Waals surface area contributed by atoms with E-state index in [9.17, 15) is 0 Å². The summed E-state index contributed by atoms with van der Waals surface area (Å²) in [6.45, 7) is 0.303. The highest BCUT2D eigenvalue weighted by molar-refractivity contribution is 6.36. The summed E-state index contributed by atoms with van der Waals surface area (Å²) in [5.41, 5.74) is 7.35. The van der Waals surface area contributed by atoms with Crippen LogP contribution in [0.1, 0.15) is 11.5 Å². The van der Waals surface area contributed by atoms with Crippen molar-refractivity contribution in [1.29, 1.82) is 0 Å². The molecule has 1 atom stereocenters. The average molecular weight is 356 g/mol. The summed E-state index contributed by atoms with van der Waals surface area (Å²) in [7, 11) is 0. The van der Waals surface area contributed by atoms with Gasteiger partial charge in [-0.25, -0.2) is 4.98 Å². The minimum Gasteiger partial charge on any atom is -0.467 e. The molecule has 6 nitrogen and oxygen atoms in total. The molecule has 0 fully saturated rings. The number of anilines is 1. The van der Waals surface area contributed by atoms with Gasteiger partial charge in [0.1, 0.15) is 27.2 Å². The summed E-state index contributed by atoms with van der Waals surface area (Å²) >= 11 is 12.4. The van der Waals surface area contributed by atoms with Crippen LogP contribution in [0.25, 0.3) is 11.1 Å². The number of aliphatic hydroxyl groups is 1. The van der Waals surface area contributed by atoms with Crippen LogP contribution in [0.5, 0.6) is 0 Å². The maximum Gasteiger partial charge on any atom is 0.177 e. The minimum absolute atomic E-state index is 0.162. The number of nitrogens with two attached hydrogens (primary N) is 1. The molecule has 0 amide bonds. The number of rotatable bonds is 6. The molecule has 0 aromatic carbocycles. The van der Waals surface area contributed by atoms with Crippen molar-refractivity contribution < 1.29 is 13.9 Å². The van der Waals surface area contributed by atoms with E-state index in [1.807, 2.05) is 12.1 Å². The topological polar surface area (TPSA) is 97.5 Å². The molecule has 23 heavy (non-hydrogen) atoms. The first-order valence-electron chi connectivity index (χ1n) is 6.98. The minimum atomic E-state index is -0.455. The largest absolute Gasteiger partial charge is 0.467 e. The fraction of sp³-hybridized carbons (Fsp3) is 0.267. The molecular formula is C15H15Cl2N3O3. The number of aromatic nitrogens is 1. The zero-order valence-corrected chi connectivity index (χ0v) is 13.6. The number of aliphatic hydroxyl groups excluding tert-OH is 1. The number of furan rings is 2. The van der Waals surface area contributed by atoms with Crippen LogP contribution in [-0.2, 0) is 13.0 Å². The summed E-state index contributed by atoms with van der Waals surface area (Å²) < 4.78 is 11.1. The standard InChI is InChI=1S/C15H15Cl2N3O3/c16-12-5-10(19-6-9-2-1-3-22-9)15-14(20-12)13(17)11(23-15)4-8(18)7-21/h1-3,5,8,21H,4,6-7,18H2,(H,19,20)/t8-/m1/s1. The third-order valence-electron chi connectivity index (χ3n) is 3.33. The van der Waals surface area contributed by atoms with Gasteiger partial charge in [-0.3, -0.25) is 0 Å². The van der Waals surface area contributed by atoms with Crippen LogP contribution in [0, 0.1) is 0 Å². The van der Waals surface area contributed by atoms with Crippen LogP contribution in [0.2, 0.25) is 10.2 Å². The Balaban J connectivity index is 1.95. The van der Waals surface area contributed by atoms with E-state index in [2.05, 4.69) is 10.3 Å². The van der Waals surface area contributed by atoms with Crippen LogP contribution < -0.4 is 11.1 Å². The lowest BCUT2D eigenvalue weighted by atomic mass is 10.2. The van der Waals surface area contributed by atoms with E-state index in [4.69, 9.17) is 42.9 Å². The number of fused-ring (bicyclic) bond motifs is 1. The molecule has 0 bridgehead atoms. The van der Waals surface area contributed by atoms with Gasteiger partial charge in [0, 0.05) is 18.5 Å². The second kappa shape index (κ2) is 6.80. The first-order chi connectivity index (χ1) is 11.1. The fourth-order valence-electron chi connectivity index (χ4n) is 2.21. The van der Waals surface area contributed by atoms with Crippen molar-refractivity contribution in [2.45, 2.75) is 19.0 Å². The number of nitrogens with one attached hydrogen (secondary N) is 1. The number of pyridine rings is 1. The van der Waals surface area contributed by atoms with E-state index in [0.29, 0.717) is 45.7 Å². The Labute approximate surface area is 142 Å². The van der Waals surface area contributed by atoms with Crippen molar-refractivity contribution in [3.8, 4) is 0 Å². The number of hydrogen-bond acceptors (Lipinski definition) is 6. The molecule has 3 aromatic rings. The van der Waals surface area contributed by atoms with Crippen LogP contribution in [0.4, 0.5) is 5.69 Å². The molecule has 122 valence electrons. The highest BCUT2D eigenvalue weighted by atomic mass is 35.5. The van der Waals surface area contributed by atoms with Crippen LogP contribution >= 0.6 is 23.2 Å². The second-order valence-corrected chi connectivity index (χ2v) is 5.85. The van der Waals surface area contributed by atoms with Crippen LogP contribution in [0.3, 0.4) is 0 Å². The van der Waals surface area contributed by atoms with Gasteiger partial charge < -0.3 is 25.0 Å². The van der Waals surface area contributed by atoms with Gasteiger partial charge in [-0.2, -0.15) is 0 Å². The molecule has 0 spiro atoms. The molecule has 0 unspecified atom stereocenters. The normalized spacial score (nSPS) is 12.7. The van der Waals surface area contributed by atoms with Crippen LogP contribution in [-0.4, -0.2) is 22.7 Å². The summed E-state index contributed by atoms with van der Waals surface area (Å²) in [4.78, 5) is 4.21. The van der Waals surface area contributed by atoms with Crippen molar-refractivity contribution >= 4 is 40.0 Å². The molecule has 0 saturated heterocycles. The van der Waals surface area contributed by atoms with E-state index < -0.39 is 6.04 Å². The Hall–Kier alpha value is -1.73. The smallest absolute Gasteiger partial charge is 0.177 e. The Morgan fingerprint density at radius 1 is 1.39 bits per heavy atom. The molecule has 0 aliphatic heterocycles. The second-order valence-electron chi connectivity index (χ2n) is 5.09. The highest BCUT2D eigenvalue weighted by Crippen LogP contribution is 2.35. The third kappa shape index (κ3) is 3.45. The summed E-state index contributed by atoms with van der Waals surface area (Å²) in [5, 5.41) is 12.9. The van der Waals surface area contributed by atoms with Crippen molar-refractivity contribution in [2.24, 2.45) is 5.73 Å². The molecule has 4 N–H and O–H groups in total. The van der Waals surface area contributed by atoms with E-state index in [0.717, 1.165) is 5.76 Å². The maximum absolute atomic E-state index is 9.08. The molecule has 3 rings (SSSR count). The van der Waals surface area contributed by atoms with E-state index in [-0.39, 0.29) is 6.61 Å². The quantitative estimate of drug-likeness (QED) is 0.587. The van der Waals surface area contributed by atoms with E-state index in [1.165, 1.54) is 0 Å². The summed E-state index contributed by atoms with van der Waals surface area (Å²) in [6.07, 6.45) is 1.91.